The molecule has 0 saturated carbocycles. The molecule has 9 heteroatoms. The molecule has 2 aromatic heterocycles. The first kappa shape index (κ1) is 17.2. The molecule has 2 atom stereocenters. The predicted molar refractivity (Wildman–Crippen MR) is 85.0 cm³/mol. The lowest BCUT2D eigenvalue weighted by molar-refractivity contribution is -0.146. The van der Waals surface area contributed by atoms with Gasteiger partial charge in [-0.1, -0.05) is 30.3 Å². The first-order valence-electron chi connectivity index (χ1n) is 7.63. The van der Waals surface area contributed by atoms with E-state index in [9.17, 15) is 18.3 Å². The predicted octanol–water partition coefficient (Wildman–Crippen LogP) is 2.55. The van der Waals surface area contributed by atoms with Crippen molar-refractivity contribution in [2.45, 2.75) is 31.7 Å². The van der Waals surface area contributed by atoms with E-state index in [1.54, 1.807) is 6.92 Å². The van der Waals surface area contributed by atoms with Gasteiger partial charge in [-0.25, -0.2) is 0 Å². The van der Waals surface area contributed by atoms with E-state index < -0.39 is 24.1 Å². The molecule has 0 spiro atoms. The zero-order chi connectivity index (χ0) is 18.0. The van der Waals surface area contributed by atoms with E-state index in [-0.39, 0.29) is 11.5 Å². The fourth-order valence-electron chi connectivity index (χ4n) is 2.40. The molecule has 6 nitrogen and oxygen atoms in total. The van der Waals surface area contributed by atoms with Crippen LogP contribution in [0.2, 0.25) is 0 Å². The number of anilines is 1. The van der Waals surface area contributed by atoms with Crippen LogP contribution < -0.4 is 5.32 Å². The number of nitrogens with one attached hydrogen (secondary N) is 1. The topological polar surface area (TPSA) is 75.3 Å². The number of alkyl halides is 3. The molecule has 0 fully saturated rings. The summed E-state index contributed by atoms with van der Waals surface area (Å²) < 4.78 is 39.3. The number of benzene rings is 1. The molecule has 1 aromatic carbocycles. The quantitative estimate of drug-likeness (QED) is 0.739. The van der Waals surface area contributed by atoms with Crippen LogP contribution in [0.15, 0.2) is 42.5 Å². The van der Waals surface area contributed by atoms with Gasteiger partial charge in [0.1, 0.15) is 5.82 Å². The first-order chi connectivity index (χ1) is 11.8. The number of hydrogen-bond donors (Lipinski definition) is 2. The normalized spacial score (nSPS) is 14.4. The third kappa shape index (κ3) is 3.87. The van der Waals surface area contributed by atoms with Crippen LogP contribution in [0.3, 0.4) is 0 Å². The summed E-state index contributed by atoms with van der Waals surface area (Å²) in [6.45, 7) is 1.73. The second-order valence-electron chi connectivity index (χ2n) is 5.70. The maximum atomic E-state index is 12.9. The van der Waals surface area contributed by atoms with Crippen LogP contribution in [-0.4, -0.2) is 37.1 Å². The van der Waals surface area contributed by atoms with Crippen molar-refractivity contribution in [3.63, 3.8) is 0 Å². The maximum Gasteiger partial charge on any atom is 0.453 e. The van der Waals surface area contributed by atoms with Crippen LogP contribution in [0.25, 0.3) is 5.65 Å². The molecule has 2 heterocycles. The smallest absolute Gasteiger partial charge is 0.391 e. The van der Waals surface area contributed by atoms with Crippen molar-refractivity contribution >= 4 is 11.5 Å². The largest absolute Gasteiger partial charge is 0.453 e. The van der Waals surface area contributed by atoms with Crippen molar-refractivity contribution in [1.82, 2.24) is 19.8 Å². The molecule has 0 aliphatic rings. The second-order valence-corrected chi connectivity index (χ2v) is 5.70. The van der Waals surface area contributed by atoms with Gasteiger partial charge in [0.05, 0.1) is 12.1 Å². The lowest BCUT2D eigenvalue weighted by atomic mass is 10.0. The summed E-state index contributed by atoms with van der Waals surface area (Å²) in [5, 5.41) is 23.7. The van der Waals surface area contributed by atoms with Crippen LogP contribution in [0.4, 0.5) is 19.0 Å². The molecular weight excluding hydrogens is 335 g/mol. The summed E-state index contributed by atoms with van der Waals surface area (Å²) in [6.07, 6.45) is -4.97. The fourth-order valence-corrected chi connectivity index (χ4v) is 2.40. The molecule has 0 aliphatic heterocycles. The van der Waals surface area contributed by atoms with Crippen molar-refractivity contribution in [1.29, 1.82) is 0 Å². The summed E-state index contributed by atoms with van der Waals surface area (Å²) in [5.74, 6) is -0.999. The number of rotatable bonds is 5. The summed E-state index contributed by atoms with van der Waals surface area (Å²) in [7, 11) is 0. The number of halogens is 3. The van der Waals surface area contributed by atoms with Gasteiger partial charge in [-0.15, -0.1) is 15.3 Å². The number of aliphatic hydroxyl groups is 1. The first-order valence-corrected chi connectivity index (χ1v) is 7.63. The minimum Gasteiger partial charge on any atom is -0.391 e. The summed E-state index contributed by atoms with van der Waals surface area (Å²) >= 11 is 0. The van der Waals surface area contributed by atoms with Gasteiger partial charge < -0.3 is 10.4 Å². The van der Waals surface area contributed by atoms with E-state index in [2.05, 4.69) is 20.6 Å². The molecule has 0 saturated heterocycles. The Labute approximate surface area is 141 Å². The zero-order valence-corrected chi connectivity index (χ0v) is 13.3. The minimum atomic E-state index is -4.65. The Morgan fingerprint density at radius 2 is 1.84 bits per heavy atom. The Morgan fingerprint density at radius 1 is 1.12 bits per heavy atom. The molecule has 25 heavy (non-hydrogen) atoms. The van der Waals surface area contributed by atoms with Crippen LogP contribution in [0.5, 0.6) is 0 Å². The Balaban J connectivity index is 1.75. The van der Waals surface area contributed by atoms with Crippen LogP contribution in [0, 0.1) is 0 Å². The highest BCUT2D eigenvalue weighted by Crippen LogP contribution is 2.27. The molecule has 3 aromatic rings. The molecule has 0 aliphatic carbocycles. The van der Waals surface area contributed by atoms with Gasteiger partial charge in [-0.2, -0.15) is 17.7 Å². The third-order valence-corrected chi connectivity index (χ3v) is 3.76. The minimum absolute atomic E-state index is 0.00429. The van der Waals surface area contributed by atoms with E-state index >= 15 is 0 Å². The number of aliphatic hydroxyl groups excluding tert-OH is 1. The van der Waals surface area contributed by atoms with Gasteiger partial charge in [-0.3, -0.25) is 0 Å². The highest BCUT2D eigenvalue weighted by atomic mass is 19.4. The van der Waals surface area contributed by atoms with Gasteiger partial charge in [0.2, 0.25) is 0 Å². The number of nitrogens with zero attached hydrogens (tertiary/aromatic N) is 4. The van der Waals surface area contributed by atoms with Gasteiger partial charge in [0, 0.05) is 6.42 Å². The fraction of sp³-hybridized carbons (Fsp3) is 0.312. The second kappa shape index (κ2) is 6.67. The SMILES string of the molecule is CC(Nc1ccc2nnc(C(F)(F)F)n2n1)C(O)Cc1ccccc1. The summed E-state index contributed by atoms with van der Waals surface area (Å²) in [6, 6.07) is 11.9. The maximum absolute atomic E-state index is 12.9. The Kier molecular flexibility index (Phi) is 4.58. The molecule has 2 unspecified atom stereocenters. The van der Waals surface area contributed by atoms with Gasteiger partial charge in [0.15, 0.2) is 5.65 Å². The molecule has 2 N–H and O–H groups in total. The van der Waals surface area contributed by atoms with Crippen LogP contribution in [-0.2, 0) is 12.6 Å². The van der Waals surface area contributed by atoms with Gasteiger partial charge in [-0.05, 0) is 24.6 Å². The molecule has 0 radical (unpaired) electrons. The standard InChI is InChI=1S/C16H16F3N5O/c1-10(12(25)9-11-5-3-2-4-6-11)20-13-7-8-14-21-22-15(16(17,18)19)24(14)23-13/h2-8,10,12,25H,9H2,1H3,(H,20,23). The van der Waals surface area contributed by atoms with Gasteiger partial charge in [0.25, 0.3) is 5.82 Å². The van der Waals surface area contributed by atoms with Crippen molar-refractivity contribution < 1.29 is 18.3 Å². The number of hydrogen-bond acceptors (Lipinski definition) is 5. The number of aromatic nitrogens is 4. The summed E-state index contributed by atoms with van der Waals surface area (Å²) in [5.41, 5.74) is 0.959. The van der Waals surface area contributed by atoms with Gasteiger partial charge >= 0.3 is 6.18 Å². The Bertz CT molecular complexity index is 850. The van der Waals surface area contributed by atoms with Crippen molar-refractivity contribution in [2.75, 3.05) is 5.32 Å². The molecule has 0 amide bonds. The lowest BCUT2D eigenvalue weighted by Crippen LogP contribution is -2.33. The molecule has 132 valence electrons. The Hall–Kier alpha value is -2.68. The molecule has 0 bridgehead atoms. The molecular formula is C16H16F3N5O. The Morgan fingerprint density at radius 3 is 2.52 bits per heavy atom. The van der Waals surface area contributed by atoms with E-state index in [1.165, 1.54) is 12.1 Å². The van der Waals surface area contributed by atoms with Crippen molar-refractivity contribution in [3.05, 3.63) is 53.9 Å². The average Bonchev–Trinajstić information content (AvgIpc) is 2.99. The van der Waals surface area contributed by atoms with E-state index in [0.29, 0.717) is 10.9 Å². The zero-order valence-electron chi connectivity index (χ0n) is 13.3. The lowest BCUT2D eigenvalue weighted by Gasteiger charge is -2.21. The highest BCUT2D eigenvalue weighted by Gasteiger charge is 2.37. The van der Waals surface area contributed by atoms with E-state index in [1.807, 2.05) is 30.3 Å². The van der Waals surface area contributed by atoms with E-state index in [0.717, 1.165) is 5.56 Å². The van der Waals surface area contributed by atoms with Crippen LogP contribution in [0.1, 0.15) is 18.3 Å². The summed E-state index contributed by atoms with van der Waals surface area (Å²) in [4.78, 5) is 0. The average molecular weight is 351 g/mol. The highest BCUT2D eigenvalue weighted by molar-refractivity contribution is 5.44. The van der Waals surface area contributed by atoms with E-state index in [4.69, 9.17) is 0 Å². The third-order valence-electron chi connectivity index (χ3n) is 3.76. The monoisotopic (exact) mass is 351 g/mol. The van der Waals surface area contributed by atoms with Crippen molar-refractivity contribution in [3.8, 4) is 0 Å². The molecule has 3 rings (SSSR count). The van der Waals surface area contributed by atoms with Crippen molar-refractivity contribution in [2.24, 2.45) is 0 Å². The number of fused-ring (bicyclic) bond motifs is 1. The van der Waals surface area contributed by atoms with Crippen LogP contribution >= 0.6 is 0 Å².